The Morgan fingerprint density at radius 2 is 1.46 bits per heavy atom. The lowest BCUT2D eigenvalue weighted by Crippen LogP contribution is -2.46. The van der Waals surface area contributed by atoms with Crippen molar-refractivity contribution in [3.8, 4) is 0 Å². The normalized spacial score (nSPS) is 16.3. The Labute approximate surface area is 134 Å². The fourth-order valence-corrected chi connectivity index (χ4v) is 2.49. The minimum atomic E-state index is -4.88. The maximum atomic E-state index is 12.8. The Kier molecular flexibility index (Phi) is 5.42. The molecule has 0 aliphatic carbocycles. The summed E-state index contributed by atoms with van der Waals surface area (Å²) in [5, 5.41) is 3.05. The van der Waals surface area contributed by atoms with E-state index in [-0.39, 0.29) is 30.4 Å². The number of alkyl halides is 6. The van der Waals surface area contributed by atoms with Crippen LogP contribution in [0.3, 0.4) is 0 Å². The van der Waals surface area contributed by atoms with Gasteiger partial charge in [-0.05, 0) is 30.2 Å². The molecule has 3 nitrogen and oxygen atoms in total. The zero-order valence-electron chi connectivity index (χ0n) is 12.6. The average Bonchev–Trinajstić information content (AvgIpc) is 2.51. The summed E-state index contributed by atoms with van der Waals surface area (Å²) in [6.45, 7) is 2.20. The molecule has 1 aliphatic rings. The van der Waals surface area contributed by atoms with Crippen molar-refractivity contribution in [3.63, 3.8) is 0 Å². The molecule has 0 aromatic heterocycles. The third-order valence-electron chi connectivity index (χ3n) is 3.74. The second-order valence-corrected chi connectivity index (χ2v) is 5.54. The van der Waals surface area contributed by atoms with Gasteiger partial charge in [0.05, 0.1) is 11.1 Å². The maximum Gasteiger partial charge on any atom is 0.416 e. The number of hydrogen-bond acceptors (Lipinski definition) is 2. The lowest BCUT2D eigenvalue weighted by molar-refractivity contribution is -0.143. The lowest BCUT2D eigenvalue weighted by Gasteiger charge is -2.27. The van der Waals surface area contributed by atoms with Gasteiger partial charge < -0.3 is 10.2 Å². The van der Waals surface area contributed by atoms with E-state index < -0.39 is 23.5 Å². The topological polar surface area (TPSA) is 32.3 Å². The Morgan fingerprint density at radius 3 is 1.92 bits per heavy atom. The lowest BCUT2D eigenvalue weighted by atomic mass is 10.0. The highest BCUT2D eigenvalue weighted by atomic mass is 19.4. The van der Waals surface area contributed by atoms with Crippen LogP contribution in [0.15, 0.2) is 18.2 Å². The molecule has 134 valence electrons. The molecule has 1 amide bonds. The van der Waals surface area contributed by atoms with Gasteiger partial charge in [0.2, 0.25) is 5.91 Å². The van der Waals surface area contributed by atoms with Crippen molar-refractivity contribution in [2.24, 2.45) is 0 Å². The summed E-state index contributed by atoms with van der Waals surface area (Å²) in [5.41, 5.74) is -2.87. The van der Waals surface area contributed by atoms with Crippen LogP contribution in [0, 0.1) is 0 Å². The minimum absolute atomic E-state index is 0.0849. The first-order valence-corrected chi connectivity index (χ1v) is 7.34. The Balaban J connectivity index is 2.15. The van der Waals surface area contributed by atoms with Crippen molar-refractivity contribution in [1.29, 1.82) is 0 Å². The summed E-state index contributed by atoms with van der Waals surface area (Å²) in [7, 11) is 0. The molecule has 1 N–H and O–H groups in total. The van der Waals surface area contributed by atoms with Crippen LogP contribution in [0.25, 0.3) is 0 Å². The van der Waals surface area contributed by atoms with Gasteiger partial charge in [-0.3, -0.25) is 4.79 Å². The van der Waals surface area contributed by atoms with Crippen molar-refractivity contribution >= 4 is 5.91 Å². The predicted molar refractivity (Wildman–Crippen MR) is 74.2 cm³/mol. The van der Waals surface area contributed by atoms with Crippen LogP contribution in [0.4, 0.5) is 26.3 Å². The molecular weight excluding hydrogens is 338 g/mol. The Hall–Kier alpha value is -1.77. The third kappa shape index (κ3) is 4.86. The van der Waals surface area contributed by atoms with Gasteiger partial charge in [0.1, 0.15) is 0 Å². The molecule has 1 saturated heterocycles. The Bertz CT molecular complexity index is 558. The number of halogens is 6. The largest absolute Gasteiger partial charge is 0.416 e. The number of aryl methyl sites for hydroxylation is 1. The molecule has 1 fully saturated rings. The van der Waals surface area contributed by atoms with E-state index in [1.54, 1.807) is 4.90 Å². The highest BCUT2D eigenvalue weighted by Crippen LogP contribution is 2.36. The number of amides is 1. The molecule has 0 bridgehead atoms. The second kappa shape index (κ2) is 7.00. The molecule has 24 heavy (non-hydrogen) atoms. The minimum Gasteiger partial charge on any atom is -0.340 e. The van der Waals surface area contributed by atoms with Crippen molar-refractivity contribution < 1.29 is 31.1 Å². The fraction of sp³-hybridized carbons (Fsp3) is 0.533. The van der Waals surface area contributed by atoms with Gasteiger partial charge in [-0.15, -0.1) is 0 Å². The number of carbonyl (C=O) groups excluding carboxylic acids is 1. The summed E-state index contributed by atoms with van der Waals surface area (Å²) >= 11 is 0. The van der Waals surface area contributed by atoms with Crippen LogP contribution < -0.4 is 5.32 Å². The van der Waals surface area contributed by atoms with Crippen molar-refractivity contribution in [3.05, 3.63) is 34.9 Å². The molecule has 0 atom stereocenters. The van der Waals surface area contributed by atoms with Gasteiger partial charge >= 0.3 is 12.4 Å². The van der Waals surface area contributed by atoms with Crippen LogP contribution >= 0.6 is 0 Å². The summed E-state index contributed by atoms with van der Waals surface area (Å²) in [4.78, 5) is 13.5. The zero-order chi connectivity index (χ0) is 18.0. The maximum absolute atomic E-state index is 12.8. The molecule has 0 spiro atoms. The van der Waals surface area contributed by atoms with Gasteiger partial charge in [0.25, 0.3) is 0 Å². The number of nitrogens with zero attached hydrogens (tertiary/aromatic N) is 1. The van der Waals surface area contributed by atoms with Crippen molar-refractivity contribution in [2.75, 3.05) is 26.2 Å². The van der Waals surface area contributed by atoms with Crippen molar-refractivity contribution in [1.82, 2.24) is 10.2 Å². The molecule has 1 aliphatic heterocycles. The van der Waals surface area contributed by atoms with Gasteiger partial charge in [0, 0.05) is 32.6 Å². The molecule has 0 unspecified atom stereocenters. The van der Waals surface area contributed by atoms with Crippen LogP contribution in [-0.2, 0) is 23.6 Å². The fourth-order valence-electron chi connectivity index (χ4n) is 2.49. The number of piperazine rings is 1. The van der Waals surface area contributed by atoms with E-state index in [0.717, 1.165) is 0 Å². The number of nitrogens with one attached hydrogen (secondary N) is 1. The summed E-state index contributed by atoms with van der Waals surface area (Å²) in [6.07, 6.45) is -10.1. The van der Waals surface area contributed by atoms with Crippen LogP contribution in [-0.4, -0.2) is 37.0 Å². The van der Waals surface area contributed by atoms with E-state index >= 15 is 0 Å². The molecule has 2 rings (SSSR count). The number of hydrogen-bond donors (Lipinski definition) is 1. The van der Waals surface area contributed by atoms with E-state index in [1.807, 2.05) is 0 Å². The third-order valence-corrected chi connectivity index (χ3v) is 3.74. The SMILES string of the molecule is O=C(CCc1cc(C(F)(F)F)cc(C(F)(F)F)c1)N1CCNCC1. The van der Waals surface area contributed by atoms with Gasteiger partial charge in [0.15, 0.2) is 0 Å². The molecular formula is C15H16F6N2O. The van der Waals surface area contributed by atoms with Crippen LogP contribution in [0.1, 0.15) is 23.1 Å². The van der Waals surface area contributed by atoms with Gasteiger partial charge in [-0.25, -0.2) is 0 Å². The Morgan fingerprint density at radius 1 is 0.958 bits per heavy atom. The molecule has 1 aromatic carbocycles. The molecule has 1 heterocycles. The zero-order valence-corrected chi connectivity index (χ0v) is 12.6. The van der Waals surface area contributed by atoms with E-state index in [1.165, 1.54) is 0 Å². The number of rotatable bonds is 3. The van der Waals surface area contributed by atoms with E-state index in [9.17, 15) is 31.1 Å². The van der Waals surface area contributed by atoms with E-state index in [0.29, 0.717) is 38.3 Å². The highest BCUT2D eigenvalue weighted by Gasteiger charge is 2.36. The average molecular weight is 354 g/mol. The first kappa shape index (κ1) is 18.6. The van der Waals surface area contributed by atoms with Crippen molar-refractivity contribution in [2.45, 2.75) is 25.2 Å². The molecule has 0 saturated carbocycles. The quantitative estimate of drug-likeness (QED) is 0.846. The summed E-state index contributed by atoms with van der Waals surface area (Å²) in [5.74, 6) is -0.275. The molecule has 0 radical (unpaired) electrons. The summed E-state index contributed by atoms with van der Waals surface area (Å²) < 4.78 is 76.7. The van der Waals surface area contributed by atoms with Crippen LogP contribution in [0.2, 0.25) is 0 Å². The summed E-state index contributed by atoms with van der Waals surface area (Å²) in [6, 6.07) is 1.42. The monoisotopic (exact) mass is 354 g/mol. The second-order valence-electron chi connectivity index (χ2n) is 5.54. The predicted octanol–water partition coefficient (Wildman–Crippen LogP) is 3.09. The smallest absolute Gasteiger partial charge is 0.340 e. The molecule has 1 aromatic rings. The standard InChI is InChI=1S/C15H16F6N2O/c16-14(17,18)11-7-10(8-12(9-11)15(19,20)21)1-2-13(24)23-5-3-22-4-6-23/h7-9,22H,1-6H2. The highest BCUT2D eigenvalue weighted by molar-refractivity contribution is 5.76. The van der Waals surface area contributed by atoms with E-state index in [4.69, 9.17) is 0 Å². The number of carbonyl (C=O) groups is 1. The van der Waals surface area contributed by atoms with Gasteiger partial charge in [-0.2, -0.15) is 26.3 Å². The number of benzene rings is 1. The molecule has 9 heteroatoms. The first-order valence-electron chi connectivity index (χ1n) is 7.34. The van der Waals surface area contributed by atoms with E-state index in [2.05, 4.69) is 5.32 Å². The van der Waals surface area contributed by atoms with Crippen LogP contribution in [0.5, 0.6) is 0 Å². The van der Waals surface area contributed by atoms with Gasteiger partial charge in [-0.1, -0.05) is 0 Å². The first-order chi connectivity index (χ1) is 11.1.